The van der Waals surface area contributed by atoms with Gasteiger partial charge in [-0.2, -0.15) is 0 Å². The first-order valence-electron chi connectivity index (χ1n) is 9.00. The van der Waals surface area contributed by atoms with Crippen LogP contribution in [0, 0.1) is 11.8 Å². The van der Waals surface area contributed by atoms with E-state index in [0.29, 0.717) is 0 Å². The van der Waals surface area contributed by atoms with E-state index in [4.69, 9.17) is 0 Å². The van der Waals surface area contributed by atoms with Gasteiger partial charge in [-0.15, -0.1) is 0 Å². The van der Waals surface area contributed by atoms with Crippen LogP contribution in [-0.4, -0.2) is 73.6 Å². The summed E-state index contributed by atoms with van der Waals surface area (Å²) in [6.07, 6.45) is 7.38. The van der Waals surface area contributed by atoms with Crippen molar-refractivity contribution in [2.45, 2.75) is 39.0 Å². The number of nitrogens with zero attached hydrogens (tertiary/aromatic N) is 3. The van der Waals surface area contributed by atoms with Crippen LogP contribution in [0.5, 0.6) is 0 Å². The van der Waals surface area contributed by atoms with Crippen LogP contribution in [0.1, 0.15) is 39.0 Å². The number of hydrogen-bond acceptors (Lipinski definition) is 3. The first-order chi connectivity index (χ1) is 9.83. The second-order valence-corrected chi connectivity index (χ2v) is 7.28. The van der Waals surface area contributed by atoms with Gasteiger partial charge in [0.15, 0.2) is 0 Å². The fraction of sp³-hybridized carbons (Fsp3) is 1.00. The summed E-state index contributed by atoms with van der Waals surface area (Å²) in [5, 5.41) is 0. The zero-order valence-corrected chi connectivity index (χ0v) is 13.4. The number of likely N-dealkylation sites (tertiary alicyclic amines) is 1. The van der Waals surface area contributed by atoms with Crippen molar-refractivity contribution >= 4 is 0 Å². The molecule has 0 N–H and O–H groups in total. The number of piperazine rings is 1. The molecule has 3 aliphatic rings. The van der Waals surface area contributed by atoms with Crippen molar-refractivity contribution in [1.82, 2.24) is 14.7 Å². The Balaban J connectivity index is 1.32. The van der Waals surface area contributed by atoms with E-state index < -0.39 is 0 Å². The quantitative estimate of drug-likeness (QED) is 0.763. The van der Waals surface area contributed by atoms with E-state index in [0.717, 1.165) is 11.8 Å². The summed E-state index contributed by atoms with van der Waals surface area (Å²) in [5.74, 6) is 2.02. The van der Waals surface area contributed by atoms with Crippen molar-refractivity contribution in [2.24, 2.45) is 11.8 Å². The maximum Gasteiger partial charge on any atom is 0.0110 e. The first-order valence-corrected chi connectivity index (χ1v) is 9.00. The molecule has 0 bridgehead atoms. The Morgan fingerprint density at radius 3 is 1.65 bits per heavy atom. The van der Waals surface area contributed by atoms with Crippen LogP contribution >= 0.6 is 0 Å². The lowest BCUT2D eigenvalue weighted by atomic mass is 9.84. The predicted molar refractivity (Wildman–Crippen MR) is 85.1 cm³/mol. The molecule has 3 nitrogen and oxygen atoms in total. The Labute approximate surface area is 125 Å². The van der Waals surface area contributed by atoms with E-state index in [1.807, 2.05) is 0 Å². The van der Waals surface area contributed by atoms with Crippen LogP contribution in [0.4, 0.5) is 0 Å². The molecule has 2 saturated heterocycles. The maximum absolute atomic E-state index is 2.75. The van der Waals surface area contributed by atoms with Gasteiger partial charge in [0.05, 0.1) is 0 Å². The minimum absolute atomic E-state index is 0.973. The minimum atomic E-state index is 0.973. The van der Waals surface area contributed by atoms with Gasteiger partial charge in [0.2, 0.25) is 0 Å². The molecular formula is C17H33N3. The molecule has 0 spiro atoms. The number of piperidine rings is 1. The Kier molecular flexibility index (Phi) is 5.36. The molecule has 2 aliphatic heterocycles. The smallest absolute Gasteiger partial charge is 0.0110 e. The number of likely N-dealkylation sites (N-methyl/N-ethyl adjacent to an activating group) is 1. The van der Waals surface area contributed by atoms with E-state index in [1.54, 1.807) is 0 Å². The average molecular weight is 279 g/mol. The van der Waals surface area contributed by atoms with Crippen LogP contribution in [0.2, 0.25) is 0 Å². The largest absolute Gasteiger partial charge is 0.303 e. The summed E-state index contributed by atoms with van der Waals surface area (Å²) in [6, 6.07) is 0. The highest BCUT2D eigenvalue weighted by molar-refractivity contribution is 4.80. The molecule has 1 saturated carbocycles. The molecule has 2 heterocycles. The zero-order valence-electron chi connectivity index (χ0n) is 13.4. The van der Waals surface area contributed by atoms with Gasteiger partial charge in [-0.25, -0.2) is 0 Å². The molecule has 3 fully saturated rings. The Morgan fingerprint density at radius 2 is 1.15 bits per heavy atom. The van der Waals surface area contributed by atoms with E-state index >= 15 is 0 Å². The van der Waals surface area contributed by atoms with E-state index in [-0.39, 0.29) is 0 Å². The normalized spacial score (nSPS) is 28.6. The van der Waals surface area contributed by atoms with Crippen LogP contribution in [0.15, 0.2) is 0 Å². The maximum atomic E-state index is 2.75. The summed E-state index contributed by atoms with van der Waals surface area (Å²) in [6.45, 7) is 14.2. The second-order valence-electron chi connectivity index (χ2n) is 7.28. The van der Waals surface area contributed by atoms with Crippen molar-refractivity contribution in [2.75, 3.05) is 58.9 Å². The molecule has 0 amide bonds. The molecule has 0 aromatic rings. The van der Waals surface area contributed by atoms with Crippen molar-refractivity contribution < 1.29 is 0 Å². The van der Waals surface area contributed by atoms with Gasteiger partial charge in [-0.05, 0) is 57.2 Å². The highest BCUT2D eigenvalue weighted by atomic mass is 15.3. The van der Waals surface area contributed by atoms with Gasteiger partial charge in [0, 0.05) is 39.3 Å². The van der Waals surface area contributed by atoms with Crippen LogP contribution in [0.3, 0.4) is 0 Å². The highest BCUT2D eigenvalue weighted by Crippen LogP contribution is 2.29. The third-order valence-electron chi connectivity index (χ3n) is 5.88. The molecule has 1 aliphatic carbocycles. The standard InChI is InChI=1S/C17H33N3/c1-2-18-10-12-20(13-11-18)15-17-6-8-19(9-7-17)14-16-4-3-5-16/h16-17H,2-15H2,1H3. The van der Waals surface area contributed by atoms with Crippen molar-refractivity contribution in [1.29, 1.82) is 0 Å². The van der Waals surface area contributed by atoms with Crippen molar-refractivity contribution in [3.8, 4) is 0 Å². The summed E-state index contributed by atoms with van der Waals surface area (Å²) >= 11 is 0. The topological polar surface area (TPSA) is 9.72 Å². The van der Waals surface area contributed by atoms with Crippen molar-refractivity contribution in [3.05, 3.63) is 0 Å². The van der Waals surface area contributed by atoms with Crippen LogP contribution in [0.25, 0.3) is 0 Å². The van der Waals surface area contributed by atoms with Gasteiger partial charge < -0.3 is 14.7 Å². The Bertz CT molecular complexity index is 274. The average Bonchev–Trinajstić information content (AvgIpc) is 2.45. The molecule has 3 rings (SSSR count). The molecule has 0 atom stereocenters. The Hall–Kier alpha value is -0.120. The predicted octanol–water partition coefficient (Wildman–Crippen LogP) is 2.14. The lowest BCUT2D eigenvalue weighted by Gasteiger charge is -2.40. The van der Waals surface area contributed by atoms with Crippen LogP contribution < -0.4 is 0 Å². The van der Waals surface area contributed by atoms with E-state index in [9.17, 15) is 0 Å². The van der Waals surface area contributed by atoms with Gasteiger partial charge in [0.25, 0.3) is 0 Å². The van der Waals surface area contributed by atoms with Gasteiger partial charge in [-0.3, -0.25) is 0 Å². The molecule has 0 aromatic carbocycles. The molecule has 0 radical (unpaired) electrons. The van der Waals surface area contributed by atoms with Crippen molar-refractivity contribution in [3.63, 3.8) is 0 Å². The summed E-state index contributed by atoms with van der Waals surface area (Å²) in [4.78, 5) is 8.05. The SMILES string of the molecule is CCN1CCN(CC2CCN(CC3CCC3)CC2)CC1. The summed E-state index contributed by atoms with van der Waals surface area (Å²) in [5.41, 5.74) is 0. The number of rotatable bonds is 5. The first kappa shape index (κ1) is 14.8. The van der Waals surface area contributed by atoms with E-state index in [2.05, 4.69) is 21.6 Å². The summed E-state index contributed by atoms with van der Waals surface area (Å²) < 4.78 is 0. The van der Waals surface area contributed by atoms with Gasteiger partial charge in [-0.1, -0.05) is 13.3 Å². The van der Waals surface area contributed by atoms with Gasteiger partial charge in [0.1, 0.15) is 0 Å². The molecule has 20 heavy (non-hydrogen) atoms. The number of hydrogen-bond donors (Lipinski definition) is 0. The zero-order chi connectivity index (χ0) is 13.8. The molecule has 0 aromatic heterocycles. The van der Waals surface area contributed by atoms with E-state index in [1.165, 1.54) is 91.0 Å². The highest BCUT2D eigenvalue weighted by Gasteiger charge is 2.26. The molecular weight excluding hydrogens is 246 g/mol. The lowest BCUT2D eigenvalue weighted by molar-refractivity contribution is 0.0867. The molecule has 0 unspecified atom stereocenters. The fourth-order valence-corrected chi connectivity index (χ4v) is 4.05. The molecule has 3 heteroatoms. The third kappa shape index (κ3) is 3.96. The second kappa shape index (κ2) is 7.24. The Morgan fingerprint density at radius 1 is 0.650 bits per heavy atom. The summed E-state index contributed by atoms with van der Waals surface area (Å²) in [7, 11) is 0. The monoisotopic (exact) mass is 279 g/mol. The van der Waals surface area contributed by atoms with Crippen LogP contribution in [-0.2, 0) is 0 Å². The minimum Gasteiger partial charge on any atom is -0.303 e. The lowest BCUT2D eigenvalue weighted by Crippen LogP contribution is -2.48. The van der Waals surface area contributed by atoms with Gasteiger partial charge >= 0.3 is 0 Å². The third-order valence-corrected chi connectivity index (χ3v) is 5.88. The fourth-order valence-electron chi connectivity index (χ4n) is 4.05. The molecule has 116 valence electrons.